The van der Waals surface area contributed by atoms with E-state index >= 15 is 0 Å². The Morgan fingerprint density at radius 2 is 1.71 bits per heavy atom. The van der Waals surface area contributed by atoms with E-state index in [-0.39, 0.29) is 6.61 Å². The molecule has 0 unspecified atom stereocenters. The third-order valence-corrected chi connectivity index (χ3v) is 1.50. The van der Waals surface area contributed by atoms with Gasteiger partial charge in [0.2, 0.25) is 0 Å². The van der Waals surface area contributed by atoms with E-state index in [1.807, 2.05) is 0 Å². The molecule has 14 heavy (non-hydrogen) atoms. The number of halogens is 5. The van der Waals surface area contributed by atoms with Crippen molar-refractivity contribution in [1.29, 1.82) is 0 Å². The Morgan fingerprint density at radius 1 is 1.21 bits per heavy atom. The van der Waals surface area contributed by atoms with E-state index in [9.17, 15) is 22.0 Å². The maximum absolute atomic E-state index is 12.5. The van der Waals surface area contributed by atoms with Crippen molar-refractivity contribution in [3.8, 4) is 0 Å². The number of rotatable bonds is 4. The molecule has 0 rings (SSSR count). The summed E-state index contributed by atoms with van der Waals surface area (Å²) >= 11 is 0. The third kappa shape index (κ3) is 3.25. The van der Waals surface area contributed by atoms with E-state index < -0.39 is 17.7 Å². The maximum Gasteiger partial charge on any atom is 0.457 e. The van der Waals surface area contributed by atoms with Gasteiger partial charge in [0.1, 0.15) is 0 Å². The monoisotopic (exact) mass is 217 g/mol. The topological polar surface area (TPSA) is 9.23 Å². The predicted octanol–water partition coefficient (Wildman–Crippen LogP) is 3.33. The van der Waals surface area contributed by atoms with Crippen LogP contribution in [0.1, 0.15) is 13.8 Å². The van der Waals surface area contributed by atoms with Gasteiger partial charge in [-0.1, -0.05) is 6.08 Å². The van der Waals surface area contributed by atoms with Gasteiger partial charge in [0.25, 0.3) is 0 Å². The second-order valence-corrected chi connectivity index (χ2v) is 2.53. The lowest BCUT2D eigenvalue weighted by atomic mass is 10.1. The van der Waals surface area contributed by atoms with Crippen molar-refractivity contribution < 1.29 is 26.7 Å². The smallest absolute Gasteiger partial charge is 0.372 e. The molecule has 0 saturated carbocycles. The lowest BCUT2D eigenvalue weighted by Gasteiger charge is -2.20. The predicted molar refractivity (Wildman–Crippen MR) is 40.7 cm³/mol. The van der Waals surface area contributed by atoms with Crippen LogP contribution in [0.2, 0.25) is 0 Å². The normalized spacial score (nSPS) is 14.6. The fourth-order valence-electron chi connectivity index (χ4n) is 0.621. The van der Waals surface area contributed by atoms with E-state index in [4.69, 9.17) is 0 Å². The minimum absolute atomic E-state index is 0.298. The van der Waals surface area contributed by atoms with Crippen LogP contribution < -0.4 is 0 Å². The molecule has 0 aliphatic heterocycles. The van der Waals surface area contributed by atoms with Crippen LogP contribution in [0.5, 0.6) is 0 Å². The Morgan fingerprint density at radius 3 is 2.07 bits per heavy atom. The van der Waals surface area contributed by atoms with Gasteiger partial charge in [-0.15, -0.1) is 0 Å². The molecule has 0 amide bonds. The summed E-state index contributed by atoms with van der Waals surface area (Å²) in [5.41, 5.74) is -1.06. The summed E-state index contributed by atoms with van der Waals surface area (Å²) in [7, 11) is 0. The minimum atomic E-state index is -5.55. The lowest BCUT2D eigenvalue weighted by Crippen LogP contribution is -2.37. The minimum Gasteiger partial charge on any atom is -0.372 e. The summed E-state index contributed by atoms with van der Waals surface area (Å²) in [6, 6.07) is 0. The van der Waals surface area contributed by atoms with Gasteiger partial charge in [0.05, 0.1) is 13.2 Å². The van der Waals surface area contributed by atoms with E-state index in [1.165, 1.54) is 13.5 Å². The van der Waals surface area contributed by atoms with Crippen molar-refractivity contribution in [1.82, 2.24) is 0 Å². The van der Waals surface area contributed by atoms with Gasteiger partial charge in [-0.2, -0.15) is 22.0 Å². The number of alkyl halides is 5. The first kappa shape index (κ1) is 13.4. The summed E-state index contributed by atoms with van der Waals surface area (Å²) in [6.07, 6.45) is -4.85. The summed E-state index contributed by atoms with van der Waals surface area (Å²) in [6.45, 7) is 3.11. The van der Waals surface area contributed by atoms with Gasteiger partial charge >= 0.3 is 12.1 Å². The highest BCUT2D eigenvalue weighted by Crippen LogP contribution is 2.40. The van der Waals surface area contributed by atoms with Gasteiger partial charge in [-0.05, 0) is 13.8 Å². The second kappa shape index (κ2) is 4.72. The third-order valence-electron chi connectivity index (χ3n) is 1.50. The molecule has 0 bridgehead atoms. The van der Waals surface area contributed by atoms with Crippen molar-refractivity contribution in [3.63, 3.8) is 0 Å². The quantitative estimate of drug-likeness (QED) is 0.398. The molecule has 0 aromatic heterocycles. The molecule has 1 nitrogen and oxygen atoms in total. The van der Waals surface area contributed by atoms with Crippen LogP contribution >= 0.6 is 0 Å². The first-order chi connectivity index (χ1) is 6.23. The number of hydrogen-bond acceptors (Lipinski definition) is 1. The molecule has 0 saturated heterocycles. The fraction of sp³-hybridized carbons (Fsp3) is 0.625. The first-order valence-electron chi connectivity index (χ1n) is 3.74. The van der Waals surface area contributed by atoms with Gasteiger partial charge in [0, 0.05) is 5.57 Å². The molecule has 83 valence electrons. The Hall–Kier alpha value is -0.650. The Bertz CT molecular complexity index is 206. The van der Waals surface area contributed by atoms with E-state index in [0.717, 1.165) is 0 Å². The second-order valence-electron chi connectivity index (χ2n) is 2.53. The molecule has 0 aliphatic rings. The molecular weight excluding hydrogens is 207 g/mol. The standard InChI is InChI=1S/C8H10F5O/c1-3-14-5-4-6(2)7(9,10)8(11,12)13/h3-4H,5H2,1-2H3/b6-4+. The molecule has 0 aliphatic carbocycles. The van der Waals surface area contributed by atoms with Crippen LogP contribution in [-0.2, 0) is 4.74 Å². The van der Waals surface area contributed by atoms with Gasteiger partial charge < -0.3 is 4.74 Å². The fourth-order valence-corrected chi connectivity index (χ4v) is 0.621. The molecule has 0 fully saturated rings. The van der Waals surface area contributed by atoms with Crippen LogP contribution in [0.15, 0.2) is 11.6 Å². The van der Waals surface area contributed by atoms with Crippen LogP contribution in [0.4, 0.5) is 22.0 Å². The summed E-state index contributed by atoms with van der Waals surface area (Å²) in [5, 5.41) is 0. The summed E-state index contributed by atoms with van der Waals surface area (Å²) < 4.78 is 64.8. The maximum atomic E-state index is 12.5. The highest BCUT2D eigenvalue weighted by molar-refractivity contribution is 5.12. The van der Waals surface area contributed by atoms with Crippen molar-refractivity contribution in [2.24, 2.45) is 0 Å². The SMILES string of the molecule is C[CH]OC/C=C(\C)C(F)(F)C(F)(F)F. The summed E-state index contributed by atoms with van der Waals surface area (Å²) in [5.74, 6) is -4.79. The zero-order valence-electron chi connectivity index (χ0n) is 7.66. The molecule has 6 heteroatoms. The van der Waals surface area contributed by atoms with E-state index in [1.54, 1.807) is 0 Å². The van der Waals surface area contributed by atoms with Gasteiger partial charge in [-0.3, -0.25) is 0 Å². The largest absolute Gasteiger partial charge is 0.457 e. The molecular formula is C8H10F5O. The lowest BCUT2D eigenvalue weighted by molar-refractivity contribution is -0.264. The number of allylic oxidation sites excluding steroid dienone is 1. The van der Waals surface area contributed by atoms with E-state index in [2.05, 4.69) is 4.74 Å². The van der Waals surface area contributed by atoms with Crippen molar-refractivity contribution >= 4 is 0 Å². The Balaban J connectivity index is 4.50. The van der Waals surface area contributed by atoms with E-state index in [0.29, 0.717) is 13.0 Å². The van der Waals surface area contributed by atoms with Gasteiger partial charge in [0.15, 0.2) is 0 Å². The zero-order chi connectivity index (χ0) is 11.4. The molecule has 0 aromatic carbocycles. The van der Waals surface area contributed by atoms with Gasteiger partial charge in [-0.25, -0.2) is 0 Å². The Labute approximate surface area is 78.5 Å². The van der Waals surface area contributed by atoms with Crippen molar-refractivity contribution in [2.45, 2.75) is 25.9 Å². The summed E-state index contributed by atoms with van der Waals surface area (Å²) in [4.78, 5) is 0. The molecule has 0 aromatic rings. The molecule has 0 spiro atoms. The molecule has 1 radical (unpaired) electrons. The van der Waals surface area contributed by atoms with Crippen LogP contribution in [0.3, 0.4) is 0 Å². The average molecular weight is 217 g/mol. The Kier molecular flexibility index (Phi) is 4.51. The zero-order valence-corrected chi connectivity index (χ0v) is 7.66. The molecule has 0 heterocycles. The highest BCUT2D eigenvalue weighted by atomic mass is 19.4. The highest BCUT2D eigenvalue weighted by Gasteiger charge is 2.58. The van der Waals surface area contributed by atoms with Crippen LogP contribution in [0, 0.1) is 6.61 Å². The van der Waals surface area contributed by atoms with Crippen molar-refractivity contribution in [3.05, 3.63) is 18.3 Å². The van der Waals surface area contributed by atoms with Crippen molar-refractivity contribution in [2.75, 3.05) is 6.61 Å². The van der Waals surface area contributed by atoms with Crippen LogP contribution in [-0.4, -0.2) is 18.7 Å². The molecule has 0 N–H and O–H groups in total. The first-order valence-corrected chi connectivity index (χ1v) is 3.74. The number of ether oxygens (including phenoxy) is 1. The molecule has 0 atom stereocenters. The van der Waals surface area contributed by atoms with Crippen LogP contribution in [0.25, 0.3) is 0 Å². The number of hydrogen-bond donors (Lipinski definition) is 0. The average Bonchev–Trinajstić information content (AvgIpc) is 2.02.